The minimum atomic E-state index is 0.210. The number of rotatable bonds is 4. The van der Waals surface area contributed by atoms with Crippen molar-refractivity contribution >= 4 is 23.0 Å². The van der Waals surface area contributed by atoms with E-state index in [1.165, 1.54) is 5.56 Å². The highest BCUT2D eigenvalue weighted by Crippen LogP contribution is 2.23. The van der Waals surface area contributed by atoms with Gasteiger partial charge in [0, 0.05) is 39.1 Å². The molecule has 1 N–H and O–H groups in total. The Labute approximate surface area is 130 Å². The lowest BCUT2D eigenvalue weighted by Crippen LogP contribution is -2.49. The molecule has 2 heterocycles. The van der Waals surface area contributed by atoms with Crippen LogP contribution in [0.2, 0.25) is 0 Å². The quantitative estimate of drug-likeness (QED) is 0.925. The van der Waals surface area contributed by atoms with Gasteiger partial charge in [0.1, 0.15) is 5.52 Å². The maximum atomic E-state index is 12.0. The zero-order valence-electron chi connectivity index (χ0n) is 13.1. The van der Waals surface area contributed by atoms with Crippen LogP contribution >= 0.6 is 0 Å². The highest BCUT2D eigenvalue weighted by molar-refractivity contribution is 5.77. The van der Waals surface area contributed by atoms with Crippen molar-refractivity contribution in [2.75, 3.05) is 44.7 Å². The fraction of sp³-hybridized carbons (Fsp3) is 0.500. The Hall–Kier alpha value is -2.08. The summed E-state index contributed by atoms with van der Waals surface area (Å²) in [6.45, 7) is 5.74. The van der Waals surface area contributed by atoms with E-state index in [-0.39, 0.29) is 5.91 Å². The van der Waals surface area contributed by atoms with Crippen molar-refractivity contribution < 1.29 is 9.21 Å². The minimum absolute atomic E-state index is 0.210. The van der Waals surface area contributed by atoms with Gasteiger partial charge in [-0.15, -0.1) is 0 Å². The van der Waals surface area contributed by atoms with E-state index in [4.69, 9.17) is 4.42 Å². The van der Waals surface area contributed by atoms with Crippen molar-refractivity contribution in [2.45, 2.75) is 13.3 Å². The summed E-state index contributed by atoms with van der Waals surface area (Å²) in [5, 5.41) is 3.01. The molecule has 0 aliphatic carbocycles. The molecule has 6 heteroatoms. The molecule has 1 aromatic carbocycles. The first-order valence-electron chi connectivity index (χ1n) is 7.72. The van der Waals surface area contributed by atoms with E-state index in [0.29, 0.717) is 12.4 Å². The molecule has 0 bridgehead atoms. The second-order valence-electron chi connectivity index (χ2n) is 5.69. The summed E-state index contributed by atoms with van der Waals surface area (Å²) >= 11 is 0. The van der Waals surface area contributed by atoms with Crippen LogP contribution in [0.1, 0.15) is 12.0 Å². The lowest BCUT2D eigenvalue weighted by Gasteiger charge is -2.33. The van der Waals surface area contributed by atoms with Crippen molar-refractivity contribution in [2.24, 2.45) is 0 Å². The van der Waals surface area contributed by atoms with Crippen LogP contribution in [0.4, 0.5) is 6.01 Å². The third-order valence-electron chi connectivity index (χ3n) is 4.02. The van der Waals surface area contributed by atoms with Gasteiger partial charge in [-0.05, 0) is 31.7 Å². The number of hydrogen-bond acceptors (Lipinski definition) is 5. The fourth-order valence-corrected chi connectivity index (χ4v) is 2.70. The van der Waals surface area contributed by atoms with Gasteiger partial charge in [0.2, 0.25) is 5.91 Å². The van der Waals surface area contributed by atoms with Gasteiger partial charge in [-0.2, -0.15) is 4.98 Å². The molecule has 0 radical (unpaired) electrons. The summed E-state index contributed by atoms with van der Waals surface area (Å²) in [5.41, 5.74) is 2.88. The molecule has 0 atom stereocenters. The number of aromatic nitrogens is 1. The van der Waals surface area contributed by atoms with Crippen LogP contribution < -0.4 is 10.2 Å². The number of carbonyl (C=O) groups is 1. The number of amides is 1. The molecule has 6 nitrogen and oxygen atoms in total. The summed E-state index contributed by atoms with van der Waals surface area (Å²) in [7, 11) is 1.86. The van der Waals surface area contributed by atoms with Gasteiger partial charge in [0.15, 0.2) is 5.58 Å². The van der Waals surface area contributed by atoms with Gasteiger partial charge in [0.25, 0.3) is 6.01 Å². The summed E-state index contributed by atoms with van der Waals surface area (Å²) in [6.07, 6.45) is 0.554. The molecular formula is C16H22N4O2. The molecule has 1 fully saturated rings. The molecule has 22 heavy (non-hydrogen) atoms. The number of piperazine rings is 1. The van der Waals surface area contributed by atoms with Crippen molar-refractivity contribution in [1.82, 2.24) is 15.2 Å². The molecule has 3 rings (SSSR count). The molecular weight excluding hydrogens is 280 g/mol. The number of nitrogens with zero attached hydrogens (tertiary/aromatic N) is 3. The lowest BCUT2D eigenvalue weighted by atomic mass is 10.2. The second-order valence-corrected chi connectivity index (χ2v) is 5.69. The van der Waals surface area contributed by atoms with E-state index in [2.05, 4.69) is 15.2 Å². The predicted molar refractivity (Wildman–Crippen MR) is 86.1 cm³/mol. The third kappa shape index (κ3) is 3.06. The van der Waals surface area contributed by atoms with Gasteiger partial charge in [-0.1, -0.05) is 6.07 Å². The number of oxazole rings is 1. The average molecular weight is 302 g/mol. The van der Waals surface area contributed by atoms with Crippen LogP contribution in [-0.4, -0.2) is 55.6 Å². The van der Waals surface area contributed by atoms with E-state index < -0.39 is 0 Å². The number of fused-ring (bicyclic) bond motifs is 1. The first-order chi connectivity index (χ1) is 10.7. The summed E-state index contributed by atoms with van der Waals surface area (Å²) in [4.78, 5) is 20.6. The van der Waals surface area contributed by atoms with Crippen molar-refractivity contribution in [3.8, 4) is 0 Å². The number of hydrogen-bond donors (Lipinski definition) is 1. The van der Waals surface area contributed by atoms with Crippen LogP contribution in [0, 0.1) is 6.92 Å². The molecule has 0 spiro atoms. The molecule has 0 unspecified atom stereocenters. The van der Waals surface area contributed by atoms with E-state index >= 15 is 0 Å². The molecule has 1 aromatic heterocycles. The molecule has 2 aromatic rings. The van der Waals surface area contributed by atoms with Gasteiger partial charge < -0.3 is 19.5 Å². The normalized spacial score (nSPS) is 15.5. The van der Waals surface area contributed by atoms with Crippen LogP contribution in [-0.2, 0) is 4.79 Å². The van der Waals surface area contributed by atoms with Gasteiger partial charge in [0.05, 0.1) is 0 Å². The van der Waals surface area contributed by atoms with Crippen molar-refractivity contribution in [3.63, 3.8) is 0 Å². The van der Waals surface area contributed by atoms with Crippen LogP contribution in [0.25, 0.3) is 11.1 Å². The molecule has 1 aliphatic rings. The Morgan fingerprint density at radius 1 is 1.32 bits per heavy atom. The molecule has 1 saturated heterocycles. The number of benzene rings is 1. The molecule has 1 aliphatic heterocycles. The highest BCUT2D eigenvalue weighted by Gasteiger charge is 2.23. The van der Waals surface area contributed by atoms with Gasteiger partial charge >= 0.3 is 0 Å². The third-order valence-corrected chi connectivity index (χ3v) is 4.02. The molecule has 118 valence electrons. The second kappa shape index (κ2) is 6.36. The standard InChI is InChI=1S/C16H22N4O2/c1-12-3-4-14-13(11-12)18-16(22-14)20-9-7-19(8-10-20)15(21)5-6-17-2/h3-4,11,17H,5-10H2,1-2H3. The number of nitrogens with one attached hydrogen (secondary N) is 1. The Morgan fingerprint density at radius 3 is 2.82 bits per heavy atom. The largest absolute Gasteiger partial charge is 0.423 e. The SMILES string of the molecule is CNCCC(=O)N1CCN(c2nc3cc(C)ccc3o2)CC1. The Bertz CT molecular complexity index is 659. The zero-order valence-corrected chi connectivity index (χ0v) is 13.1. The van der Waals surface area contributed by atoms with Gasteiger partial charge in [-0.25, -0.2) is 0 Å². The maximum absolute atomic E-state index is 12.0. The van der Waals surface area contributed by atoms with E-state index in [1.807, 2.05) is 37.1 Å². The molecule has 0 saturated carbocycles. The van der Waals surface area contributed by atoms with E-state index in [0.717, 1.165) is 43.8 Å². The first kappa shape index (κ1) is 14.8. The van der Waals surface area contributed by atoms with Crippen molar-refractivity contribution in [1.29, 1.82) is 0 Å². The smallest absolute Gasteiger partial charge is 0.298 e. The average Bonchev–Trinajstić information content (AvgIpc) is 2.95. The topological polar surface area (TPSA) is 61.6 Å². The number of anilines is 1. The van der Waals surface area contributed by atoms with Gasteiger partial charge in [-0.3, -0.25) is 4.79 Å². The Morgan fingerprint density at radius 2 is 2.09 bits per heavy atom. The minimum Gasteiger partial charge on any atom is -0.423 e. The summed E-state index contributed by atoms with van der Waals surface area (Å²) in [5.74, 6) is 0.210. The number of carbonyl (C=O) groups excluding carboxylic acids is 1. The van der Waals surface area contributed by atoms with E-state index in [1.54, 1.807) is 0 Å². The lowest BCUT2D eigenvalue weighted by molar-refractivity contribution is -0.131. The van der Waals surface area contributed by atoms with Crippen LogP contribution in [0.3, 0.4) is 0 Å². The zero-order chi connectivity index (χ0) is 15.5. The number of aryl methyl sites for hydroxylation is 1. The first-order valence-corrected chi connectivity index (χ1v) is 7.72. The molecule has 1 amide bonds. The maximum Gasteiger partial charge on any atom is 0.298 e. The Kier molecular flexibility index (Phi) is 4.29. The Balaban J connectivity index is 1.64. The monoisotopic (exact) mass is 302 g/mol. The predicted octanol–water partition coefficient (Wildman–Crippen LogP) is 1.39. The van der Waals surface area contributed by atoms with Crippen molar-refractivity contribution in [3.05, 3.63) is 23.8 Å². The van der Waals surface area contributed by atoms with Crippen LogP contribution in [0.15, 0.2) is 22.6 Å². The van der Waals surface area contributed by atoms with Crippen LogP contribution in [0.5, 0.6) is 0 Å². The highest BCUT2D eigenvalue weighted by atomic mass is 16.4. The van der Waals surface area contributed by atoms with E-state index in [9.17, 15) is 4.79 Å². The fourth-order valence-electron chi connectivity index (χ4n) is 2.70. The summed E-state index contributed by atoms with van der Waals surface area (Å²) in [6, 6.07) is 6.66. The summed E-state index contributed by atoms with van der Waals surface area (Å²) < 4.78 is 5.82.